The molecule has 1 aliphatic rings. The minimum absolute atomic E-state index is 0.0572. The predicted molar refractivity (Wildman–Crippen MR) is 96.3 cm³/mol. The number of aromatic nitrogens is 5. The van der Waals surface area contributed by atoms with Crippen molar-refractivity contribution in [3.8, 4) is 0 Å². The second-order valence-electron chi connectivity index (χ2n) is 6.18. The van der Waals surface area contributed by atoms with Crippen molar-refractivity contribution in [2.45, 2.75) is 20.4 Å². The van der Waals surface area contributed by atoms with Crippen LogP contribution in [0.3, 0.4) is 0 Å². The van der Waals surface area contributed by atoms with Crippen molar-refractivity contribution in [1.29, 1.82) is 0 Å². The van der Waals surface area contributed by atoms with Gasteiger partial charge >= 0.3 is 0 Å². The van der Waals surface area contributed by atoms with E-state index in [0.29, 0.717) is 6.54 Å². The molecule has 4 heterocycles. The quantitative estimate of drug-likeness (QED) is 0.707. The molecule has 130 valence electrons. The van der Waals surface area contributed by atoms with E-state index in [-0.39, 0.29) is 5.56 Å². The van der Waals surface area contributed by atoms with Crippen LogP contribution in [0, 0.1) is 6.92 Å². The van der Waals surface area contributed by atoms with Gasteiger partial charge in [0.05, 0.1) is 6.20 Å². The molecule has 4 rings (SSSR count). The fourth-order valence-corrected chi connectivity index (χ4v) is 3.24. The summed E-state index contributed by atoms with van der Waals surface area (Å²) in [6.45, 7) is 7.94. The lowest BCUT2D eigenvalue weighted by Crippen LogP contribution is -2.48. The summed E-state index contributed by atoms with van der Waals surface area (Å²) in [5.41, 5.74) is 1.80. The third-order valence-corrected chi connectivity index (χ3v) is 4.55. The highest BCUT2D eigenvalue weighted by molar-refractivity contribution is 5.52. The van der Waals surface area contributed by atoms with Gasteiger partial charge in [-0.25, -0.2) is 9.67 Å². The van der Waals surface area contributed by atoms with Crippen LogP contribution in [-0.4, -0.2) is 50.6 Å². The zero-order valence-corrected chi connectivity index (χ0v) is 14.5. The molecule has 0 saturated carbocycles. The molecular formula is C17H21N7O. The predicted octanol–water partition coefficient (Wildman–Crippen LogP) is 0.941. The summed E-state index contributed by atoms with van der Waals surface area (Å²) in [6, 6.07) is 7.40. The van der Waals surface area contributed by atoms with E-state index < -0.39 is 0 Å². The van der Waals surface area contributed by atoms with Crippen molar-refractivity contribution in [3.63, 3.8) is 0 Å². The van der Waals surface area contributed by atoms with Crippen LogP contribution in [0.1, 0.15) is 12.6 Å². The SMILES string of the molecule is CCn1nc(N2CCN(c3cc(C)nc4ccnn34)CC2)ccc1=O. The normalized spacial score (nSPS) is 15.1. The van der Waals surface area contributed by atoms with Crippen LogP contribution < -0.4 is 15.4 Å². The van der Waals surface area contributed by atoms with Gasteiger partial charge in [0.2, 0.25) is 0 Å². The van der Waals surface area contributed by atoms with Gasteiger partial charge in [0.15, 0.2) is 5.65 Å². The summed E-state index contributed by atoms with van der Waals surface area (Å²) in [6.07, 6.45) is 1.78. The first-order valence-corrected chi connectivity index (χ1v) is 8.55. The standard InChI is InChI=1S/C17H21N7O/c1-3-23-17(25)5-4-15(20-23)21-8-10-22(11-9-21)16-12-13(2)19-14-6-7-18-24(14)16/h4-7,12H,3,8-11H2,1-2H3. The first-order chi connectivity index (χ1) is 12.2. The number of anilines is 2. The molecular weight excluding hydrogens is 318 g/mol. The van der Waals surface area contributed by atoms with Crippen molar-refractivity contribution in [1.82, 2.24) is 24.4 Å². The number of aryl methyl sites for hydroxylation is 2. The zero-order chi connectivity index (χ0) is 17.4. The van der Waals surface area contributed by atoms with E-state index in [4.69, 9.17) is 0 Å². The maximum atomic E-state index is 11.7. The molecule has 3 aromatic rings. The van der Waals surface area contributed by atoms with E-state index >= 15 is 0 Å². The fourth-order valence-electron chi connectivity index (χ4n) is 3.24. The van der Waals surface area contributed by atoms with E-state index in [9.17, 15) is 4.79 Å². The number of hydrogen-bond acceptors (Lipinski definition) is 6. The number of nitrogens with zero attached hydrogens (tertiary/aromatic N) is 7. The minimum atomic E-state index is -0.0572. The topological polar surface area (TPSA) is 71.6 Å². The van der Waals surface area contributed by atoms with E-state index in [2.05, 4.69) is 31.0 Å². The van der Waals surface area contributed by atoms with Gasteiger partial charge in [-0.2, -0.15) is 14.7 Å². The van der Waals surface area contributed by atoms with Crippen molar-refractivity contribution >= 4 is 17.3 Å². The number of fused-ring (bicyclic) bond motifs is 1. The third-order valence-electron chi connectivity index (χ3n) is 4.55. The fraction of sp³-hybridized carbons (Fsp3) is 0.412. The highest BCUT2D eigenvalue weighted by Gasteiger charge is 2.21. The smallest absolute Gasteiger partial charge is 0.266 e. The molecule has 8 heteroatoms. The molecule has 1 fully saturated rings. The van der Waals surface area contributed by atoms with Crippen LogP contribution in [0.15, 0.2) is 35.3 Å². The molecule has 0 amide bonds. The molecule has 0 bridgehead atoms. The molecule has 1 saturated heterocycles. The van der Waals surface area contributed by atoms with Crippen LogP contribution in [0.2, 0.25) is 0 Å². The van der Waals surface area contributed by atoms with Crippen LogP contribution in [0.25, 0.3) is 5.65 Å². The van der Waals surface area contributed by atoms with Crippen molar-refractivity contribution < 1.29 is 0 Å². The molecule has 0 spiro atoms. The van der Waals surface area contributed by atoms with Crippen LogP contribution in [0.5, 0.6) is 0 Å². The molecule has 0 aromatic carbocycles. The van der Waals surface area contributed by atoms with Gasteiger partial charge in [-0.3, -0.25) is 4.79 Å². The summed E-state index contributed by atoms with van der Waals surface area (Å²) in [7, 11) is 0. The van der Waals surface area contributed by atoms with Gasteiger partial charge in [-0.15, -0.1) is 0 Å². The lowest BCUT2D eigenvalue weighted by Gasteiger charge is -2.36. The van der Waals surface area contributed by atoms with Crippen LogP contribution in [0.4, 0.5) is 11.6 Å². The van der Waals surface area contributed by atoms with E-state index in [1.54, 1.807) is 12.3 Å². The Kier molecular flexibility index (Phi) is 3.87. The summed E-state index contributed by atoms with van der Waals surface area (Å²) < 4.78 is 3.39. The molecule has 8 nitrogen and oxygen atoms in total. The summed E-state index contributed by atoms with van der Waals surface area (Å²) in [4.78, 5) is 20.8. The first-order valence-electron chi connectivity index (χ1n) is 8.55. The zero-order valence-electron chi connectivity index (χ0n) is 14.5. The Morgan fingerprint density at radius 3 is 2.60 bits per heavy atom. The number of hydrogen-bond donors (Lipinski definition) is 0. The van der Waals surface area contributed by atoms with Gasteiger partial charge in [0.1, 0.15) is 11.6 Å². The van der Waals surface area contributed by atoms with E-state index in [0.717, 1.165) is 49.2 Å². The molecule has 0 atom stereocenters. The lowest BCUT2D eigenvalue weighted by molar-refractivity contribution is 0.585. The average molecular weight is 339 g/mol. The molecule has 0 aliphatic carbocycles. The Hall–Kier alpha value is -2.90. The monoisotopic (exact) mass is 339 g/mol. The highest BCUT2D eigenvalue weighted by atomic mass is 16.1. The van der Waals surface area contributed by atoms with Gasteiger partial charge in [0.25, 0.3) is 5.56 Å². The summed E-state index contributed by atoms with van der Waals surface area (Å²) >= 11 is 0. The van der Waals surface area contributed by atoms with Crippen molar-refractivity contribution in [3.05, 3.63) is 46.5 Å². The molecule has 25 heavy (non-hydrogen) atoms. The Balaban J connectivity index is 1.55. The Morgan fingerprint density at radius 1 is 1.08 bits per heavy atom. The highest BCUT2D eigenvalue weighted by Crippen LogP contribution is 2.20. The lowest BCUT2D eigenvalue weighted by atomic mass is 10.3. The Morgan fingerprint density at radius 2 is 1.84 bits per heavy atom. The van der Waals surface area contributed by atoms with E-state index in [1.807, 2.05) is 30.5 Å². The van der Waals surface area contributed by atoms with Gasteiger partial charge in [-0.05, 0) is 19.9 Å². The molecule has 0 N–H and O–H groups in total. The van der Waals surface area contributed by atoms with Gasteiger partial charge in [-0.1, -0.05) is 0 Å². The number of piperazine rings is 1. The molecule has 0 unspecified atom stereocenters. The second kappa shape index (κ2) is 6.19. The van der Waals surface area contributed by atoms with E-state index in [1.165, 1.54) is 4.68 Å². The van der Waals surface area contributed by atoms with Gasteiger partial charge in [0, 0.05) is 56.6 Å². The van der Waals surface area contributed by atoms with Crippen molar-refractivity contribution in [2.75, 3.05) is 36.0 Å². The average Bonchev–Trinajstić information content (AvgIpc) is 3.10. The summed E-state index contributed by atoms with van der Waals surface area (Å²) in [5.74, 6) is 1.93. The molecule has 3 aromatic heterocycles. The third kappa shape index (κ3) is 2.84. The van der Waals surface area contributed by atoms with Gasteiger partial charge < -0.3 is 9.80 Å². The largest absolute Gasteiger partial charge is 0.353 e. The second-order valence-corrected chi connectivity index (χ2v) is 6.18. The van der Waals surface area contributed by atoms with Crippen molar-refractivity contribution in [2.24, 2.45) is 0 Å². The molecule has 1 aliphatic heterocycles. The minimum Gasteiger partial charge on any atom is -0.353 e. The summed E-state index contributed by atoms with van der Waals surface area (Å²) in [5, 5.41) is 8.85. The number of rotatable bonds is 3. The Labute approximate surface area is 145 Å². The first kappa shape index (κ1) is 15.6. The van der Waals surface area contributed by atoms with Crippen LogP contribution in [-0.2, 0) is 6.54 Å². The maximum absolute atomic E-state index is 11.7. The maximum Gasteiger partial charge on any atom is 0.266 e. The molecule has 0 radical (unpaired) electrons. The van der Waals surface area contributed by atoms with Crippen LogP contribution >= 0.6 is 0 Å². The Bertz CT molecular complexity index is 953.